The van der Waals surface area contributed by atoms with Gasteiger partial charge in [0.25, 0.3) is 5.91 Å². The van der Waals surface area contributed by atoms with Crippen LogP contribution in [0.3, 0.4) is 0 Å². The van der Waals surface area contributed by atoms with Crippen LogP contribution in [0.4, 0.5) is 5.82 Å². The second-order valence-corrected chi connectivity index (χ2v) is 14.1. The van der Waals surface area contributed by atoms with Crippen LogP contribution in [0.2, 0.25) is 18.1 Å². The molecule has 0 unspecified atom stereocenters. The van der Waals surface area contributed by atoms with Crippen LogP contribution in [-0.4, -0.2) is 47.7 Å². The molecule has 2 N–H and O–H groups in total. The Morgan fingerprint density at radius 2 is 1.97 bits per heavy atom. The Hall–Kier alpha value is -2.33. The lowest BCUT2D eigenvalue weighted by molar-refractivity contribution is -0.0432. The summed E-state index contributed by atoms with van der Waals surface area (Å²) in [6.07, 6.45) is -0.0998. The number of hydrogen-bond donors (Lipinski definition) is 2. The van der Waals surface area contributed by atoms with Crippen molar-refractivity contribution in [3.8, 4) is 0 Å². The topological polar surface area (TPSA) is 103 Å². The third-order valence-electron chi connectivity index (χ3n) is 6.04. The van der Waals surface area contributed by atoms with Gasteiger partial charge in [0.15, 0.2) is 8.32 Å². The van der Waals surface area contributed by atoms with E-state index in [4.69, 9.17) is 9.16 Å². The Bertz CT molecular complexity index is 971. The number of carbonyl (C=O) groups is 1. The summed E-state index contributed by atoms with van der Waals surface area (Å²) in [5.41, 5.74) is -0.0886. The summed E-state index contributed by atoms with van der Waals surface area (Å²) in [6.45, 7) is 11.0. The Morgan fingerprint density at radius 1 is 1.29 bits per heavy atom. The van der Waals surface area contributed by atoms with E-state index >= 15 is 0 Å². The Morgan fingerprint density at radius 3 is 2.58 bits per heavy atom. The van der Waals surface area contributed by atoms with E-state index in [1.54, 1.807) is 24.3 Å². The molecule has 0 saturated carbocycles. The fourth-order valence-electron chi connectivity index (χ4n) is 3.02. The molecule has 0 spiro atoms. The quantitative estimate of drug-likeness (QED) is 0.662. The fraction of sp³-hybridized carbons (Fsp3) is 0.500. The van der Waals surface area contributed by atoms with Gasteiger partial charge in [-0.2, -0.15) is 4.98 Å². The first kappa shape index (κ1) is 23.3. The van der Waals surface area contributed by atoms with Crippen LogP contribution >= 0.6 is 0 Å². The van der Waals surface area contributed by atoms with Crippen LogP contribution < -0.4 is 11.0 Å². The Labute approximate surface area is 183 Å². The number of benzene rings is 1. The minimum atomic E-state index is -1.98. The maximum absolute atomic E-state index is 12.5. The average molecular weight is 446 g/mol. The first-order valence-corrected chi connectivity index (χ1v) is 13.3. The molecule has 168 valence electrons. The molecule has 0 radical (unpaired) electrons. The summed E-state index contributed by atoms with van der Waals surface area (Å²) in [7, 11) is -1.98. The van der Waals surface area contributed by atoms with Gasteiger partial charge in [-0.25, -0.2) is 4.79 Å². The van der Waals surface area contributed by atoms with Gasteiger partial charge in [0.2, 0.25) is 0 Å². The molecule has 3 rings (SSSR count). The fourth-order valence-corrected chi connectivity index (χ4v) is 4.04. The molecule has 0 aliphatic carbocycles. The second kappa shape index (κ2) is 9.03. The average Bonchev–Trinajstić information content (AvgIpc) is 3.06. The summed E-state index contributed by atoms with van der Waals surface area (Å²) >= 11 is 0. The summed E-state index contributed by atoms with van der Waals surface area (Å²) in [6, 6.07) is 10.2. The molecule has 0 bridgehead atoms. The number of rotatable bonds is 6. The molecule has 3 atom stereocenters. The van der Waals surface area contributed by atoms with Crippen molar-refractivity contribution in [2.45, 2.75) is 63.8 Å². The first-order chi connectivity index (χ1) is 14.5. The predicted octanol–water partition coefficient (Wildman–Crippen LogP) is 3.17. The zero-order valence-corrected chi connectivity index (χ0v) is 19.7. The van der Waals surface area contributed by atoms with Crippen LogP contribution in [-0.2, 0) is 9.16 Å². The first-order valence-electron chi connectivity index (χ1n) is 10.4. The van der Waals surface area contributed by atoms with Gasteiger partial charge in [-0.3, -0.25) is 9.36 Å². The SMILES string of the molecule is CC(C)(C)[Si](C)(C)OC[C@H]1O[C@H](n2ccc(NC(=O)c3ccccc3)nc2=O)C[C@@H]1O. The lowest BCUT2D eigenvalue weighted by atomic mass is 10.2. The summed E-state index contributed by atoms with van der Waals surface area (Å²) in [4.78, 5) is 28.7. The molecular formula is C22H31N3O5Si. The van der Waals surface area contributed by atoms with Crippen molar-refractivity contribution in [2.24, 2.45) is 0 Å². The van der Waals surface area contributed by atoms with Gasteiger partial charge in [-0.1, -0.05) is 39.0 Å². The molecule has 1 aromatic carbocycles. The molecule has 31 heavy (non-hydrogen) atoms. The van der Waals surface area contributed by atoms with Gasteiger partial charge in [0.05, 0.1) is 12.7 Å². The van der Waals surface area contributed by atoms with Crippen molar-refractivity contribution in [1.29, 1.82) is 0 Å². The minimum absolute atomic E-state index is 0.0524. The van der Waals surface area contributed by atoms with Gasteiger partial charge in [0, 0.05) is 18.2 Å². The number of amides is 1. The Balaban J connectivity index is 1.64. The zero-order chi connectivity index (χ0) is 22.8. The highest BCUT2D eigenvalue weighted by atomic mass is 28.4. The maximum atomic E-state index is 12.5. The number of anilines is 1. The van der Waals surface area contributed by atoms with Gasteiger partial charge in [0.1, 0.15) is 18.1 Å². The van der Waals surface area contributed by atoms with E-state index in [-0.39, 0.29) is 29.8 Å². The number of nitrogens with one attached hydrogen (secondary N) is 1. The van der Waals surface area contributed by atoms with E-state index in [0.29, 0.717) is 5.56 Å². The summed E-state index contributed by atoms with van der Waals surface area (Å²) < 4.78 is 13.4. The van der Waals surface area contributed by atoms with Crippen molar-refractivity contribution < 1.29 is 19.1 Å². The molecule has 1 fully saturated rings. The second-order valence-electron chi connectivity index (χ2n) is 9.33. The largest absolute Gasteiger partial charge is 0.414 e. The standard InChI is InChI=1S/C22H31N3O5Si/c1-22(2,3)31(4,5)29-14-17-16(26)13-19(30-17)25-12-11-18(24-21(25)28)23-20(27)15-9-7-6-8-10-15/h6-12,16-17,19,26H,13-14H2,1-5H3,(H,23,24,27,28)/t16-,17+,19-/m0/s1. The lowest BCUT2D eigenvalue weighted by Gasteiger charge is -2.37. The van der Waals surface area contributed by atoms with E-state index in [2.05, 4.69) is 44.2 Å². The number of nitrogens with zero attached hydrogens (tertiary/aromatic N) is 2. The zero-order valence-electron chi connectivity index (χ0n) is 18.7. The Kier molecular flexibility index (Phi) is 6.80. The molecule has 2 aromatic rings. The van der Waals surface area contributed by atoms with Crippen molar-refractivity contribution in [3.63, 3.8) is 0 Å². The highest BCUT2D eigenvalue weighted by Gasteiger charge is 2.41. The van der Waals surface area contributed by atoms with Crippen molar-refractivity contribution >= 4 is 20.0 Å². The van der Waals surface area contributed by atoms with E-state index in [0.717, 1.165) is 0 Å². The third kappa shape index (κ3) is 5.48. The lowest BCUT2D eigenvalue weighted by Crippen LogP contribution is -2.43. The molecule has 8 nitrogen and oxygen atoms in total. The van der Waals surface area contributed by atoms with Crippen molar-refractivity contribution in [1.82, 2.24) is 9.55 Å². The normalized spacial score (nSPS) is 21.8. The third-order valence-corrected chi connectivity index (χ3v) is 10.5. The van der Waals surface area contributed by atoms with Gasteiger partial charge in [-0.05, 0) is 36.3 Å². The number of aliphatic hydroxyl groups is 1. The minimum Gasteiger partial charge on any atom is -0.414 e. The van der Waals surface area contributed by atoms with Crippen LogP contribution in [0.25, 0.3) is 0 Å². The predicted molar refractivity (Wildman–Crippen MR) is 121 cm³/mol. The number of aromatic nitrogens is 2. The maximum Gasteiger partial charge on any atom is 0.351 e. The molecule has 1 aliphatic rings. The highest BCUT2D eigenvalue weighted by molar-refractivity contribution is 6.74. The highest BCUT2D eigenvalue weighted by Crippen LogP contribution is 2.37. The molecule has 1 aliphatic heterocycles. The number of hydrogen-bond acceptors (Lipinski definition) is 6. The van der Waals surface area contributed by atoms with Crippen molar-refractivity contribution in [3.05, 3.63) is 58.6 Å². The van der Waals surface area contributed by atoms with Gasteiger partial charge >= 0.3 is 5.69 Å². The van der Waals surface area contributed by atoms with E-state index in [1.165, 1.54) is 16.8 Å². The van der Waals surface area contributed by atoms with Crippen LogP contribution in [0.15, 0.2) is 47.4 Å². The van der Waals surface area contributed by atoms with Crippen LogP contribution in [0.5, 0.6) is 0 Å². The molecule has 1 amide bonds. The monoisotopic (exact) mass is 445 g/mol. The smallest absolute Gasteiger partial charge is 0.351 e. The van der Waals surface area contributed by atoms with E-state index in [9.17, 15) is 14.7 Å². The van der Waals surface area contributed by atoms with E-state index < -0.39 is 32.4 Å². The van der Waals surface area contributed by atoms with Gasteiger partial charge < -0.3 is 19.6 Å². The number of ether oxygens (including phenoxy) is 1. The van der Waals surface area contributed by atoms with Crippen LogP contribution in [0, 0.1) is 0 Å². The number of carbonyl (C=O) groups excluding carboxylic acids is 1. The van der Waals surface area contributed by atoms with Crippen molar-refractivity contribution in [2.75, 3.05) is 11.9 Å². The molecule has 1 aromatic heterocycles. The molecular weight excluding hydrogens is 414 g/mol. The molecule has 9 heteroatoms. The summed E-state index contributed by atoms with van der Waals surface area (Å²) in [5.74, 6) is -0.188. The molecule has 2 heterocycles. The van der Waals surface area contributed by atoms with Gasteiger partial charge in [-0.15, -0.1) is 0 Å². The number of aliphatic hydroxyl groups excluding tert-OH is 1. The summed E-state index contributed by atoms with van der Waals surface area (Å²) in [5, 5.41) is 13.1. The van der Waals surface area contributed by atoms with Crippen LogP contribution in [0.1, 0.15) is 43.8 Å². The molecule has 1 saturated heterocycles. The van der Waals surface area contributed by atoms with E-state index in [1.807, 2.05) is 6.07 Å².